The number of hydrogen-bond acceptors (Lipinski definition) is 4. The molecule has 6 N–H and O–H groups in total. The molecule has 4 heteroatoms. The molecule has 0 aromatic heterocycles. The Morgan fingerprint density at radius 2 is 1.60 bits per heavy atom. The summed E-state index contributed by atoms with van der Waals surface area (Å²) in [5, 5.41) is 6.22. The van der Waals surface area contributed by atoms with Crippen molar-refractivity contribution in [2.45, 2.75) is 6.42 Å². The van der Waals surface area contributed by atoms with E-state index in [1.165, 1.54) is 0 Å². The minimum Gasteiger partial charge on any atom is -0.329 e. The van der Waals surface area contributed by atoms with Crippen LogP contribution in [0.2, 0.25) is 0 Å². The maximum absolute atomic E-state index is 5.27. The van der Waals surface area contributed by atoms with E-state index in [-0.39, 0.29) is 0 Å². The van der Waals surface area contributed by atoms with Crippen LogP contribution in [0.3, 0.4) is 0 Å². The van der Waals surface area contributed by atoms with E-state index in [4.69, 9.17) is 11.5 Å². The Morgan fingerprint density at radius 3 is 2.20 bits per heavy atom. The fourth-order valence-corrected chi connectivity index (χ4v) is 0.668. The van der Waals surface area contributed by atoms with Crippen molar-refractivity contribution in [3.8, 4) is 0 Å². The smallest absolute Gasteiger partial charge is 0.0428 e. The molecule has 4 nitrogen and oxygen atoms in total. The van der Waals surface area contributed by atoms with Crippen molar-refractivity contribution in [2.24, 2.45) is 11.5 Å². The highest BCUT2D eigenvalue weighted by molar-refractivity contribution is 4.49. The Morgan fingerprint density at radius 1 is 0.900 bits per heavy atom. The second-order valence-corrected chi connectivity index (χ2v) is 2.10. The molecule has 0 unspecified atom stereocenters. The van der Waals surface area contributed by atoms with Gasteiger partial charge in [0.2, 0.25) is 0 Å². The van der Waals surface area contributed by atoms with Gasteiger partial charge in [0, 0.05) is 19.8 Å². The summed E-state index contributed by atoms with van der Waals surface area (Å²) < 4.78 is 0. The maximum Gasteiger partial charge on any atom is 0.0428 e. The van der Waals surface area contributed by atoms with Gasteiger partial charge >= 0.3 is 0 Å². The monoisotopic (exact) mass is 146 g/mol. The topological polar surface area (TPSA) is 76.1 Å². The molecule has 0 heterocycles. The first-order valence-corrected chi connectivity index (χ1v) is 3.73. The van der Waals surface area contributed by atoms with Crippen LogP contribution in [0.5, 0.6) is 0 Å². The predicted octanol–water partition coefficient (Wildman–Crippen LogP) is -1.57. The van der Waals surface area contributed by atoms with Crippen LogP contribution in [0.15, 0.2) is 0 Å². The molecule has 0 spiro atoms. The summed E-state index contributed by atoms with van der Waals surface area (Å²) >= 11 is 0. The van der Waals surface area contributed by atoms with Gasteiger partial charge in [0.15, 0.2) is 0 Å². The summed E-state index contributed by atoms with van der Waals surface area (Å²) in [7, 11) is 0. The summed E-state index contributed by atoms with van der Waals surface area (Å²) in [5.74, 6) is 0. The summed E-state index contributed by atoms with van der Waals surface area (Å²) in [6.07, 6.45) is 1.11. The molecule has 0 aromatic carbocycles. The van der Waals surface area contributed by atoms with E-state index in [1.807, 2.05) is 0 Å². The van der Waals surface area contributed by atoms with Gasteiger partial charge < -0.3 is 22.1 Å². The average molecular weight is 146 g/mol. The van der Waals surface area contributed by atoms with Gasteiger partial charge in [-0.3, -0.25) is 0 Å². The second-order valence-electron chi connectivity index (χ2n) is 2.10. The fourth-order valence-electron chi connectivity index (χ4n) is 0.668. The van der Waals surface area contributed by atoms with Crippen molar-refractivity contribution in [3.63, 3.8) is 0 Å². The second kappa shape index (κ2) is 8.84. The highest BCUT2D eigenvalue weighted by atomic mass is 15.0. The van der Waals surface area contributed by atoms with Crippen LogP contribution < -0.4 is 22.1 Å². The van der Waals surface area contributed by atoms with E-state index < -0.39 is 0 Å². The molecule has 0 bridgehead atoms. The molecule has 0 saturated heterocycles. The third kappa shape index (κ3) is 7.84. The van der Waals surface area contributed by atoms with Crippen LogP contribution in [0, 0.1) is 0 Å². The minimum atomic E-state index is 0.566. The highest BCUT2D eigenvalue weighted by Crippen LogP contribution is 1.70. The van der Waals surface area contributed by atoms with Crippen LogP contribution in [0.4, 0.5) is 0 Å². The van der Waals surface area contributed by atoms with Crippen LogP contribution in [0.25, 0.3) is 0 Å². The lowest BCUT2D eigenvalue weighted by Crippen LogP contribution is -2.28. The molecule has 0 amide bonds. The van der Waals surface area contributed by atoms with Gasteiger partial charge in [-0.25, -0.2) is 0 Å². The first kappa shape index (κ1) is 9.84. The van der Waals surface area contributed by atoms with Crippen LogP contribution >= 0.6 is 0 Å². The summed E-state index contributed by atoms with van der Waals surface area (Å²) in [6, 6.07) is 0. The van der Waals surface area contributed by atoms with Gasteiger partial charge in [0.25, 0.3) is 0 Å². The summed E-state index contributed by atoms with van der Waals surface area (Å²) in [4.78, 5) is 0. The Kier molecular flexibility index (Phi) is 8.70. The van der Waals surface area contributed by atoms with E-state index in [0.29, 0.717) is 13.2 Å². The van der Waals surface area contributed by atoms with Crippen molar-refractivity contribution in [1.82, 2.24) is 10.6 Å². The molecule has 0 aromatic rings. The third-order valence-electron chi connectivity index (χ3n) is 1.17. The Bertz CT molecular complexity index is 49.7. The molecular formula is C6H18N4. The van der Waals surface area contributed by atoms with Gasteiger partial charge in [0.1, 0.15) is 0 Å². The largest absolute Gasteiger partial charge is 0.329 e. The predicted molar refractivity (Wildman–Crippen MR) is 43.6 cm³/mol. The van der Waals surface area contributed by atoms with Gasteiger partial charge in [-0.05, 0) is 19.5 Å². The standard InChI is InChI=1S/C6H18N4/c7-2-5-9-3-1-4-10-6-8/h9-10H,1-8H2. The van der Waals surface area contributed by atoms with E-state index in [2.05, 4.69) is 10.6 Å². The Hall–Kier alpha value is -0.160. The van der Waals surface area contributed by atoms with E-state index in [9.17, 15) is 0 Å². The molecule has 0 aliphatic rings. The van der Waals surface area contributed by atoms with Crippen molar-refractivity contribution < 1.29 is 0 Å². The van der Waals surface area contributed by atoms with Crippen molar-refractivity contribution >= 4 is 0 Å². The van der Waals surface area contributed by atoms with E-state index in [1.54, 1.807) is 0 Å². The van der Waals surface area contributed by atoms with Crippen LogP contribution in [-0.2, 0) is 0 Å². The zero-order valence-corrected chi connectivity index (χ0v) is 6.40. The summed E-state index contributed by atoms with van der Waals surface area (Å²) in [6.45, 7) is 4.18. The molecule has 62 valence electrons. The van der Waals surface area contributed by atoms with Crippen molar-refractivity contribution in [1.29, 1.82) is 0 Å². The minimum absolute atomic E-state index is 0.566. The molecule has 10 heavy (non-hydrogen) atoms. The SMILES string of the molecule is NCCNCCCNCN. The molecule has 0 saturated carbocycles. The number of nitrogens with one attached hydrogen (secondary N) is 2. The molecule has 0 atom stereocenters. The number of rotatable bonds is 7. The Balaban J connectivity index is 2.65. The first-order valence-electron chi connectivity index (χ1n) is 3.73. The van der Waals surface area contributed by atoms with Crippen LogP contribution in [0.1, 0.15) is 6.42 Å². The van der Waals surface area contributed by atoms with Crippen LogP contribution in [-0.4, -0.2) is 32.8 Å². The maximum atomic E-state index is 5.27. The normalized spacial score (nSPS) is 10.2. The lowest BCUT2D eigenvalue weighted by molar-refractivity contribution is 0.605. The van der Waals surface area contributed by atoms with Gasteiger partial charge in [-0.15, -0.1) is 0 Å². The fraction of sp³-hybridized carbons (Fsp3) is 1.00. The molecular weight excluding hydrogens is 128 g/mol. The van der Waals surface area contributed by atoms with Gasteiger partial charge in [0.05, 0.1) is 0 Å². The molecule has 0 aliphatic heterocycles. The molecule has 0 radical (unpaired) electrons. The quantitative estimate of drug-likeness (QED) is 0.258. The lowest BCUT2D eigenvalue weighted by atomic mass is 10.4. The van der Waals surface area contributed by atoms with E-state index in [0.717, 1.165) is 26.1 Å². The summed E-state index contributed by atoms with van der Waals surface area (Å²) in [5.41, 5.74) is 10.5. The van der Waals surface area contributed by atoms with Gasteiger partial charge in [-0.1, -0.05) is 0 Å². The highest BCUT2D eigenvalue weighted by Gasteiger charge is 1.84. The molecule has 0 fully saturated rings. The number of nitrogens with two attached hydrogens (primary N) is 2. The van der Waals surface area contributed by atoms with Crippen molar-refractivity contribution in [2.75, 3.05) is 32.8 Å². The zero-order valence-electron chi connectivity index (χ0n) is 6.40. The third-order valence-corrected chi connectivity index (χ3v) is 1.17. The van der Waals surface area contributed by atoms with Crippen molar-refractivity contribution in [3.05, 3.63) is 0 Å². The average Bonchev–Trinajstić information content (AvgIpc) is 1.97. The first-order chi connectivity index (χ1) is 4.91. The van der Waals surface area contributed by atoms with E-state index >= 15 is 0 Å². The lowest BCUT2D eigenvalue weighted by Gasteiger charge is -2.02. The zero-order chi connectivity index (χ0) is 7.66. The molecule has 0 aliphatic carbocycles. The Labute approximate surface area is 62.3 Å². The van der Waals surface area contributed by atoms with Gasteiger partial charge in [-0.2, -0.15) is 0 Å². The molecule has 0 rings (SSSR count). The number of hydrogen-bond donors (Lipinski definition) is 4.